The molecule has 2 N–H and O–H groups in total. The van der Waals surface area contributed by atoms with E-state index < -0.39 is 0 Å². The van der Waals surface area contributed by atoms with E-state index in [4.69, 9.17) is 11.6 Å². The van der Waals surface area contributed by atoms with Gasteiger partial charge in [-0.15, -0.1) is 0 Å². The SMILES string of the molecule is O=C(CCc1cccc(Cl)c1)NC1CCCCC1CO. The Labute approximate surface area is 125 Å². The Hall–Kier alpha value is -1.06. The third-order valence-electron chi connectivity index (χ3n) is 4.02. The molecule has 1 aliphatic rings. The highest BCUT2D eigenvalue weighted by molar-refractivity contribution is 6.30. The zero-order valence-corrected chi connectivity index (χ0v) is 12.4. The average Bonchev–Trinajstić information content (AvgIpc) is 2.46. The highest BCUT2D eigenvalue weighted by Crippen LogP contribution is 2.24. The first-order valence-electron chi connectivity index (χ1n) is 7.33. The molecule has 0 heterocycles. The molecule has 4 heteroatoms. The lowest BCUT2D eigenvalue weighted by atomic mass is 9.85. The molecule has 1 aromatic rings. The first-order valence-corrected chi connectivity index (χ1v) is 7.71. The third-order valence-corrected chi connectivity index (χ3v) is 4.25. The Morgan fingerprint density at radius 1 is 1.35 bits per heavy atom. The second-order valence-corrected chi connectivity index (χ2v) is 5.97. The molecule has 2 rings (SSSR count). The van der Waals surface area contributed by atoms with Crippen LogP contribution in [0.15, 0.2) is 24.3 Å². The second-order valence-electron chi connectivity index (χ2n) is 5.53. The molecule has 1 aliphatic carbocycles. The summed E-state index contributed by atoms with van der Waals surface area (Å²) in [6.45, 7) is 0.166. The lowest BCUT2D eigenvalue weighted by Gasteiger charge is -2.30. The van der Waals surface area contributed by atoms with E-state index in [2.05, 4.69) is 5.32 Å². The monoisotopic (exact) mass is 295 g/mol. The van der Waals surface area contributed by atoms with Crippen LogP contribution in [0.3, 0.4) is 0 Å². The van der Waals surface area contributed by atoms with Crippen LogP contribution in [0.25, 0.3) is 0 Å². The van der Waals surface area contributed by atoms with Crippen molar-refractivity contribution >= 4 is 17.5 Å². The molecule has 1 saturated carbocycles. The van der Waals surface area contributed by atoms with E-state index in [0.717, 1.165) is 31.2 Å². The van der Waals surface area contributed by atoms with Crippen LogP contribution in [0.4, 0.5) is 0 Å². The topological polar surface area (TPSA) is 49.3 Å². The molecule has 1 aromatic carbocycles. The third kappa shape index (κ3) is 4.50. The highest BCUT2D eigenvalue weighted by Gasteiger charge is 2.25. The number of carbonyl (C=O) groups excluding carboxylic acids is 1. The summed E-state index contributed by atoms with van der Waals surface area (Å²) in [7, 11) is 0. The number of aryl methyl sites for hydroxylation is 1. The van der Waals surface area contributed by atoms with Crippen molar-refractivity contribution in [2.45, 2.75) is 44.6 Å². The number of amides is 1. The zero-order chi connectivity index (χ0) is 14.4. The molecule has 0 radical (unpaired) electrons. The van der Waals surface area contributed by atoms with Crippen molar-refractivity contribution in [3.8, 4) is 0 Å². The fourth-order valence-electron chi connectivity index (χ4n) is 2.85. The number of rotatable bonds is 5. The van der Waals surface area contributed by atoms with Gasteiger partial charge in [-0.2, -0.15) is 0 Å². The standard InChI is InChI=1S/C16H22ClNO2/c17-14-6-3-4-12(10-14)8-9-16(20)18-15-7-2-1-5-13(15)11-19/h3-4,6,10,13,15,19H,1-2,5,7-9,11H2,(H,18,20). The molecule has 0 saturated heterocycles. The molecule has 2 atom stereocenters. The molecular formula is C16H22ClNO2. The van der Waals surface area contributed by atoms with Crippen molar-refractivity contribution in [2.24, 2.45) is 5.92 Å². The fourth-order valence-corrected chi connectivity index (χ4v) is 3.06. The van der Waals surface area contributed by atoms with Gasteiger partial charge in [-0.1, -0.05) is 36.6 Å². The summed E-state index contributed by atoms with van der Waals surface area (Å²) in [4.78, 5) is 12.0. The summed E-state index contributed by atoms with van der Waals surface area (Å²) < 4.78 is 0. The Morgan fingerprint density at radius 2 is 2.15 bits per heavy atom. The Balaban J connectivity index is 1.80. The molecule has 110 valence electrons. The molecule has 3 nitrogen and oxygen atoms in total. The van der Waals surface area contributed by atoms with Crippen molar-refractivity contribution in [3.63, 3.8) is 0 Å². The van der Waals surface area contributed by atoms with Gasteiger partial charge in [-0.05, 0) is 37.0 Å². The minimum absolute atomic E-state index is 0.0651. The molecule has 2 unspecified atom stereocenters. The van der Waals surface area contributed by atoms with E-state index >= 15 is 0 Å². The second kappa shape index (κ2) is 7.65. The summed E-state index contributed by atoms with van der Waals surface area (Å²) in [5.41, 5.74) is 1.08. The van der Waals surface area contributed by atoms with Crippen LogP contribution in [0.1, 0.15) is 37.7 Å². The molecule has 1 amide bonds. The van der Waals surface area contributed by atoms with Crippen LogP contribution in [0, 0.1) is 5.92 Å². The number of carbonyl (C=O) groups is 1. The van der Waals surface area contributed by atoms with E-state index in [1.165, 1.54) is 0 Å². The molecule has 0 bridgehead atoms. The summed E-state index contributed by atoms with van der Waals surface area (Å²) in [5, 5.41) is 13.1. The summed E-state index contributed by atoms with van der Waals surface area (Å²) in [6.07, 6.45) is 5.44. The van der Waals surface area contributed by atoms with Gasteiger partial charge >= 0.3 is 0 Å². The van der Waals surface area contributed by atoms with Gasteiger partial charge in [0.15, 0.2) is 0 Å². The summed E-state index contributed by atoms with van der Waals surface area (Å²) >= 11 is 5.93. The predicted octanol–water partition coefficient (Wildman–Crippen LogP) is 2.94. The van der Waals surface area contributed by atoms with Gasteiger partial charge in [-0.25, -0.2) is 0 Å². The van der Waals surface area contributed by atoms with Gasteiger partial charge in [0.1, 0.15) is 0 Å². The summed E-state index contributed by atoms with van der Waals surface area (Å²) in [5.74, 6) is 0.286. The van der Waals surface area contributed by atoms with E-state index in [1.54, 1.807) is 0 Å². The molecule has 0 aromatic heterocycles. The molecular weight excluding hydrogens is 274 g/mol. The molecule has 0 aliphatic heterocycles. The fraction of sp³-hybridized carbons (Fsp3) is 0.562. The lowest BCUT2D eigenvalue weighted by Crippen LogP contribution is -2.43. The van der Waals surface area contributed by atoms with Gasteiger partial charge in [-0.3, -0.25) is 4.79 Å². The van der Waals surface area contributed by atoms with Crippen LogP contribution in [0.2, 0.25) is 5.02 Å². The Kier molecular flexibility index (Phi) is 5.86. The van der Waals surface area contributed by atoms with E-state index in [0.29, 0.717) is 17.9 Å². The van der Waals surface area contributed by atoms with E-state index in [1.807, 2.05) is 24.3 Å². The largest absolute Gasteiger partial charge is 0.396 e. The van der Waals surface area contributed by atoms with E-state index in [9.17, 15) is 9.90 Å². The minimum Gasteiger partial charge on any atom is -0.396 e. The molecule has 20 heavy (non-hydrogen) atoms. The van der Waals surface area contributed by atoms with Crippen molar-refractivity contribution in [1.29, 1.82) is 0 Å². The minimum atomic E-state index is 0.0651. The first-order chi connectivity index (χ1) is 9.69. The summed E-state index contributed by atoms with van der Waals surface area (Å²) in [6, 6.07) is 7.75. The smallest absolute Gasteiger partial charge is 0.220 e. The maximum absolute atomic E-state index is 12.0. The van der Waals surface area contributed by atoms with Gasteiger partial charge < -0.3 is 10.4 Å². The maximum atomic E-state index is 12.0. The van der Waals surface area contributed by atoms with Crippen LogP contribution in [-0.4, -0.2) is 23.7 Å². The normalized spacial score (nSPS) is 22.5. The Bertz CT molecular complexity index is 450. The first kappa shape index (κ1) is 15.3. The molecule has 1 fully saturated rings. The number of halogens is 1. The zero-order valence-electron chi connectivity index (χ0n) is 11.6. The average molecular weight is 296 g/mol. The van der Waals surface area contributed by atoms with Crippen molar-refractivity contribution < 1.29 is 9.90 Å². The van der Waals surface area contributed by atoms with Gasteiger partial charge in [0.25, 0.3) is 0 Å². The van der Waals surface area contributed by atoms with Crippen molar-refractivity contribution in [2.75, 3.05) is 6.61 Å². The number of benzene rings is 1. The number of nitrogens with one attached hydrogen (secondary N) is 1. The van der Waals surface area contributed by atoms with Crippen LogP contribution in [0.5, 0.6) is 0 Å². The van der Waals surface area contributed by atoms with Gasteiger partial charge in [0.2, 0.25) is 5.91 Å². The number of aliphatic hydroxyl groups excluding tert-OH is 1. The molecule has 0 spiro atoms. The number of aliphatic hydroxyl groups is 1. The van der Waals surface area contributed by atoms with Crippen molar-refractivity contribution in [3.05, 3.63) is 34.9 Å². The van der Waals surface area contributed by atoms with Gasteiger partial charge in [0.05, 0.1) is 0 Å². The predicted molar refractivity (Wildman–Crippen MR) is 80.7 cm³/mol. The van der Waals surface area contributed by atoms with E-state index in [-0.39, 0.29) is 24.5 Å². The highest BCUT2D eigenvalue weighted by atomic mass is 35.5. The maximum Gasteiger partial charge on any atom is 0.220 e. The van der Waals surface area contributed by atoms with Crippen LogP contribution in [-0.2, 0) is 11.2 Å². The van der Waals surface area contributed by atoms with Crippen LogP contribution >= 0.6 is 11.6 Å². The lowest BCUT2D eigenvalue weighted by molar-refractivity contribution is -0.122. The quantitative estimate of drug-likeness (QED) is 0.877. The van der Waals surface area contributed by atoms with Gasteiger partial charge in [0, 0.05) is 30.0 Å². The van der Waals surface area contributed by atoms with Crippen LogP contribution < -0.4 is 5.32 Å². The number of hydrogen-bond donors (Lipinski definition) is 2. The Morgan fingerprint density at radius 3 is 2.90 bits per heavy atom. The number of hydrogen-bond acceptors (Lipinski definition) is 2. The van der Waals surface area contributed by atoms with Crippen molar-refractivity contribution in [1.82, 2.24) is 5.32 Å².